The fourth-order valence-electron chi connectivity index (χ4n) is 7.74. The minimum atomic E-state index is 0.0125. The van der Waals surface area contributed by atoms with E-state index in [9.17, 15) is 0 Å². The average Bonchev–Trinajstić information content (AvgIpc) is 3.50. The second-order valence-corrected chi connectivity index (χ2v) is 16.5. The number of hydrogen-bond donors (Lipinski definition) is 0. The summed E-state index contributed by atoms with van der Waals surface area (Å²) in [5, 5.41) is 0. The highest BCUT2D eigenvalue weighted by molar-refractivity contribution is 8.03. The molecule has 2 fully saturated rings. The molecule has 2 nitrogen and oxygen atoms in total. The molecule has 0 aromatic rings. The summed E-state index contributed by atoms with van der Waals surface area (Å²) in [5.74, 6) is 2.73. The molecule has 0 bridgehead atoms. The predicted molar refractivity (Wildman–Crippen MR) is 198 cm³/mol. The first-order chi connectivity index (χ1) is 20.1. The molecular formula is C35H49N2S5. The molecule has 42 heavy (non-hydrogen) atoms. The van der Waals surface area contributed by atoms with E-state index in [2.05, 4.69) is 62.1 Å². The molecule has 7 heteroatoms. The number of rotatable bonds is 15. The maximum Gasteiger partial charge on any atom is 0.108 e. The second kappa shape index (κ2) is 13.9. The summed E-state index contributed by atoms with van der Waals surface area (Å²) >= 11 is 25.8. The van der Waals surface area contributed by atoms with Gasteiger partial charge in [0.15, 0.2) is 0 Å². The zero-order valence-corrected chi connectivity index (χ0v) is 30.2. The van der Waals surface area contributed by atoms with Gasteiger partial charge in [-0.1, -0.05) is 106 Å². The molecule has 0 amide bonds. The zero-order chi connectivity index (χ0) is 30.1. The van der Waals surface area contributed by atoms with Crippen LogP contribution in [0, 0.1) is 24.2 Å². The normalized spacial score (nSPS) is 27.2. The molecule has 5 aliphatic rings. The molecule has 1 saturated heterocycles. The van der Waals surface area contributed by atoms with Gasteiger partial charge in [-0.3, -0.25) is 0 Å². The average molecular weight is 658 g/mol. The van der Waals surface area contributed by atoms with Crippen molar-refractivity contribution in [3.05, 3.63) is 40.7 Å². The fourth-order valence-corrected chi connectivity index (χ4v) is 11.3. The van der Waals surface area contributed by atoms with Gasteiger partial charge in [0.1, 0.15) is 9.98 Å². The van der Waals surface area contributed by atoms with Crippen LogP contribution in [0.3, 0.4) is 0 Å². The van der Waals surface area contributed by atoms with Crippen molar-refractivity contribution in [2.24, 2.45) is 17.8 Å². The molecule has 1 saturated carbocycles. The van der Waals surface area contributed by atoms with Crippen LogP contribution in [-0.4, -0.2) is 46.6 Å². The van der Waals surface area contributed by atoms with Crippen molar-refractivity contribution in [3.8, 4) is 0 Å². The van der Waals surface area contributed by atoms with E-state index >= 15 is 0 Å². The first-order valence-corrected chi connectivity index (χ1v) is 19.1. The highest BCUT2D eigenvalue weighted by Gasteiger charge is 2.43. The number of allylic oxidation sites excluding steroid dienone is 2. The lowest BCUT2D eigenvalue weighted by Gasteiger charge is -2.46. The Kier molecular flexibility index (Phi) is 10.9. The van der Waals surface area contributed by atoms with Crippen molar-refractivity contribution in [2.75, 3.05) is 5.75 Å². The smallest absolute Gasteiger partial charge is 0.108 e. The highest BCUT2D eigenvalue weighted by Crippen LogP contribution is 2.44. The van der Waals surface area contributed by atoms with Crippen LogP contribution in [0.15, 0.2) is 34.3 Å². The predicted octanol–water partition coefficient (Wildman–Crippen LogP) is 10.5. The van der Waals surface area contributed by atoms with Gasteiger partial charge in [-0.15, -0.1) is 11.8 Å². The number of thiocarbonyl (C=S) groups is 4. The first-order valence-electron chi connectivity index (χ1n) is 16.5. The van der Waals surface area contributed by atoms with Crippen LogP contribution in [0.4, 0.5) is 0 Å². The van der Waals surface area contributed by atoms with Gasteiger partial charge < -0.3 is 9.80 Å². The largest absolute Gasteiger partial charge is 0.321 e. The minimum Gasteiger partial charge on any atom is -0.321 e. The third kappa shape index (κ3) is 6.85. The lowest BCUT2D eigenvalue weighted by atomic mass is 9.84. The lowest BCUT2D eigenvalue weighted by molar-refractivity contribution is 0.236. The zero-order valence-electron chi connectivity index (χ0n) is 26.1. The first kappa shape index (κ1) is 32.9. The van der Waals surface area contributed by atoms with Crippen molar-refractivity contribution < 1.29 is 0 Å². The molecule has 5 atom stereocenters. The van der Waals surface area contributed by atoms with Crippen LogP contribution >= 0.6 is 60.6 Å². The summed E-state index contributed by atoms with van der Waals surface area (Å²) in [6, 6.07) is 0. The van der Waals surface area contributed by atoms with Crippen LogP contribution in [-0.2, 0) is 0 Å². The Bertz CT molecular complexity index is 1120. The van der Waals surface area contributed by atoms with Gasteiger partial charge in [0.05, 0.1) is 9.98 Å². The monoisotopic (exact) mass is 657 g/mol. The molecule has 3 aliphatic heterocycles. The third-order valence-corrected chi connectivity index (χ3v) is 13.7. The van der Waals surface area contributed by atoms with E-state index in [1.165, 1.54) is 74.0 Å². The standard InChI is InChI=1S/C35H49N2S5/c1-5-34(3,36-30(38)22-26-14-11-15-27(26)32(36)40)19-9-7-12-24(25-16-17-25)13-8-10-20-35(4,6-2)37-31(39)23-29-28(33(37)41)18-21-42-29/h16-17,22-24,27-28H,5-15,18-21H2,1-4H3. The number of unbranched alkanes of at least 4 members (excludes halogenated alkanes) is 2. The lowest BCUT2D eigenvalue weighted by Crippen LogP contribution is -2.54. The van der Waals surface area contributed by atoms with Gasteiger partial charge in [-0.2, -0.15) is 0 Å². The molecule has 0 aromatic heterocycles. The van der Waals surface area contributed by atoms with Gasteiger partial charge in [0, 0.05) is 29.3 Å². The SMILES string of the molecule is CCC(C)(CCCCC(CCCCC(C)(CC)N1C(=S)C=C2SCCC2C1=S)C1=C[CH]1)N1C(=S)C=C2CCCC2C1=S. The van der Waals surface area contributed by atoms with Gasteiger partial charge >= 0.3 is 0 Å². The van der Waals surface area contributed by atoms with E-state index in [0.29, 0.717) is 17.8 Å². The van der Waals surface area contributed by atoms with Gasteiger partial charge in [-0.25, -0.2) is 0 Å². The molecule has 0 aromatic carbocycles. The Balaban J connectivity index is 1.09. The molecular weight excluding hydrogens is 609 g/mol. The summed E-state index contributed by atoms with van der Waals surface area (Å²) in [7, 11) is 0. The third-order valence-electron chi connectivity index (χ3n) is 10.9. The van der Waals surface area contributed by atoms with Crippen molar-refractivity contribution in [1.82, 2.24) is 9.80 Å². The van der Waals surface area contributed by atoms with E-state index in [4.69, 9.17) is 48.9 Å². The summed E-state index contributed by atoms with van der Waals surface area (Å²) < 4.78 is 0. The molecule has 0 N–H and O–H groups in total. The van der Waals surface area contributed by atoms with Gasteiger partial charge in [0.2, 0.25) is 0 Å². The number of hydrogen-bond acceptors (Lipinski definition) is 5. The maximum atomic E-state index is 6.05. The summed E-state index contributed by atoms with van der Waals surface area (Å²) in [4.78, 5) is 10.2. The Hall–Kier alpha value is -0.470. The molecule has 5 unspecified atom stereocenters. The summed E-state index contributed by atoms with van der Waals surface area (Å²) in [6.07, 6.45) is 25.9. The van der Waals surface area contributed by atoms with Crippen LogP contribution < -0.4 is 0 Å². The topological polar surface area (TPSA) is 6.48 Å². The van der Waals surface area contributed by atoms with E-state index < -0.39 is 0 Å². The Morgan fingerprint density at radius 1 is 0.833 bits per heavy atom. The van der Waals surface area contributed by atoms with E-state index in [0.717, 1.165) is 52.1 Å². The van der Waals surface area contributed by atoms with Crippen molar-refractivity contribution >= 4 is 80.6 Å². The molecule has 3 heterocycles. The molecule has 0 spiro atoms. The summed E-state index contributed by atoms with van der Waals surface area (Å²) in [6.45, 7) is 9.38. The number of thioether (sulfide) groups is 1. The Morgan fingerprint density at radius 3 is 1.98 bits per heavy atom. The highest BCUT2D eigenvalue weighted by atomic mass is 32.2. The quantitative estimate of drug-likeness (QED) is 0.126. The van der Waals surface area contributed by atoms with Crippen molar-refractivity contribution in [3.63, 3.8) is 0 Å². The molecule has 2 aliphatic carbocycles. The van der Waals surface area contributed by atoms with Crippen molar-refractivity contribution in [2.45, 2.75) is 129 Å². The van der Waals surface area contributed by atoms with Gasteiger partial charge in [0.25, 0.3) is 0 Å². The van der Waals surface area contributed by atoms with Crippen LogP contribution in [0.1, 0.15) is 118 Å². The fraction of sp³-hybridized carbons (Fsp3) is 0.686. The summed E-state index contributed by atoms with van der Waals surface area (Å²) in [5.41, 5.74) is 3.10. The maximum absolute atomic E-state index is 6.05. The molecule has 229 valence electrons. The number of fused-ring (bicyclic) bond motifs is 2. The second-order valence-electron chi connectivity index (χ2n) is 13.6. The molecule has 1 radical (unpaired) electrons. The Labute approximate surface area is 281 Å². The van der Waals surface area contributed by atoms with E-state index in [-0.39, 0.29) is 11.1 Å². The van der Waals surface area contributed by atoms with Gasteiger partial charge in [-0.05, 0) is 107 Å². The van der Waals surface area contributed by atoms with Crippen LogP contribution in [0.5, 0.6) is 0 Å². The van der Waals surface area contributed by atoms with Crippen molar-refractivity contribution in [1.29, 1.82) is 0 Å². The minimum absolute atomic E-state index is 0.0125. The Morgan fingerprint density at radius 2 is 1.40 bits per heavy atom. The van der Waals surface area contributed by atoms with Crippen LogP contribution in [0.25, 0.3) is 0 Å². The molecule has 5 rings (SSSR count). The van der Waals surface area contributed by atoms with E-state index in [1.807, 2.05) is 11.8 Å². The van der Waals surface area contributed by atoms with Crippen LogP contribution in [0.2, 0.25) is 0 Å². The number of nitrogens with zero attached hydrogens (tertiary/aromatic N) is 2. The van der Waals surface area contributed by atoms with E-state index in [1.54, 1.807) is 5.57 Å².